The number of carbonyl (C=O) groups excluding carboxylic acids is 1. The lowest BCUT2D eigenvalue weighted by Crippen LogP contribution is -2.50. The van der Waals surface area contributed by atoms with Crippen molar-refractivity contribution in [2.24, 2.45) is 0 Å². The largest absolute Gasteiger partial charge is 0.389 e. The van der Waals surface area contributed by atoms with Gasteiger partial charge in [-0.2, -0.15) is 13.2 Å². The first-order chi connectivity index (χ1) is 12.4. The molecular formula is C17H28F3N3O4. The van der Waals surface area contributed by atoms with Gasteiger partial charge in [-0.1, -0.05) is 5.16 Å². The maximum absolute atomic E-state index is 12.4. The zero-order chi connectivity index (χ0) is 20.7. The lowest BCUT2D eigenvalue weighted by Gasteiger charge is -2.24. The summed E-state index contributed by atoms with van der Waals surface area (Å²) in [7, 11) is 1.57. The predicted molar refractivity (Wildman–Crippen MR) is 93.4 cm³/mol. The molecule has 0 radical (unpaired) electrons. The highest BCUT2D eigenvalue weighted by molar-refractivity contribution is 5.96. The third-order valence-electron chi connectivity index (χ3n) is 3.89. The number of methoxy groups -OCH3 is 1. The number of alkyl halides is 3. The van der Waals surface area contributed by atoms with Crippen molar-refractivity contribution in [3.05, 3.63) is 11.8 Å². The molecule has 0 saturated carbocycles. The van der Waals surface area contributed by atoms with E-state index < -0.39 is 29.6 Å². The molecule has 1 rings (SSSR count). The maximum atomic E-state index is 12.4. The molecule has 0 aromatic carbocycles. The number of aromatic nitrogens is 1. The fraction of sp³-hybridized carbons (Fsp3) is 0.765. The second-order valence-electron chi connectivity index (χ2n) is 7.15. The zero-order valence-corrected chi connectivity index (χ0v) is 16.3. The monoisotopic (exact) mass is 395 g/mol. The van der Waals surface area contributed by atoms with Crippen LogP contribution in [0.2, 0.25) is 0 Å². The fourth-order valence-electron chi connectivity index (χ4n) is 2.11. The summed E-state index contributed by atoms with van der Waals surface area (Å²) in [5.41, 5.74) is -1.33. The van der Waals surface area contributed by atoms with Gasteiger partial charge >= 0.3 is 6.18 Å². The average molecular weight is 395 g/mol. The Hall–Kier alpha value is -1.65. The van der Waals surface area contributed by atoms with E-state index in [0.29, 0.717) is 18.9 Å². The molecule has 0 saturated heterocycles. The van der Waals surface area contributed by atoms with Crippen LogP contribution in [0.1, 0.15) is 46.2 Å². The van der Waals surface area contributed by atoms with Crippen molar-refractivity contribution >= 4 is 11.8 Å². The third-order valence-corrected chi connectivity index (χ3v) is 3.89. The van der Waals surface area contributed by atoms with E-state index >= 15 is 0 Å². The van der Waals surface area contributed by atoms with E-state index in [1.54, 1.807) is 40.9 Å². The molecule has 0 atom stereocenters. The van der Waals surface area contributed by atoms with Gasteiger partial charge in [0.05, 0.1) is 18.8 Å². The normalized spacial score (nSPS) is 13.0. The molecule has 0 spiro atoms. The molecule has 0 fully saturated rings. The Balaban J connectivity index is 2.57. The van der Waals surface area contributed by atoms with E-state index in [4.69, 9.17) is 14.0 Å². The Morgan fingerprint density at radius 2 is 1.89 bits per heavy atom. The number of hydrogen-bond acceptors (Lipinski definition) is 6. The molecule has 0 unspecified atom stereocenters. The zero-order valence-electron chi connectivity index (χ0n) is 16.3. The van der Waals surface area contributed by atoms with Crippen LogP contribution in [0.25, 0.3) is 0 Å². The molecule has 0 bridgehead atoms. The first-order valence-electron chi connectivity index (χ1n) is 8.61. The van der Waals surface area contributed by atoms with Crippen LogP contribution >= 0.6 is 0 Å². The van der Waals surface area contributed by atoms with Crippen LogP contribution in [0, 0.1) is 0 Å². The first-order valence-corrected chi connectivity index (χ1v) is 8.61. The van der Waals surface area contributed by atoms with Crippen LogP contribution in [0.4, 0.5) is 19.1 Å². The van der Waals surface area contributed by atoms with Crippen molar-refractivity contribution in [3.8, 4) is 0 Å². The molecule has 1 aromatic heterocycles. The highest BCUT2D eigenvalue weighted by atomic mass is 19.4. The Labute approximate surface area is 156 Å². The molecule has 10 heteroatoms. The van der Waals surface area contributed by atoms with Gasteiger partial charge in [-0.15, -0.1) is 0 Å². The van der Waals surface area contributed by atoms with Crippen molar-refractivity contribution in [1.29, 1.82) is 0 Å². The quantitative estimate of drug-likeness (QED) is 0.560. The molecule has 0 aliphatic carbocycles. The van der Waals surface area contributed by atoms with E-state index in [1.165, 1.54) is 0 Å². The summed E-state index contributed by atoms with van der Waals surface area (Å²) in [6.07, 6.45) is -5.22. The third kappa shape index (κ3) is 8.27. The minimum atomic E-state index is -4.21. The summed E-state index contributed by atoms with van der Waals surface area (Å²) in [6.45, 7) is 7.61. The van der Waals surface area contributed by atoms with E-state index in [-0.39, 0.29) is 18.8 Å². The van der Waals surface area contributed by atoms with E-state index in [0.717, 1.165) is 0 Å². The smallest absolute Gasteiger partial charge is 0.382 e. The van der Waals surface area contributed by atoms with Crippen LogP contribution in [0.3, 0.4) is 0 Å². The first kappa shape index (κ1) is 23.4. The number of hydrogen-bond donors (Lipinski definition) is 2. The molecule has 1 amide bonds. The fourth-order valence-corrected chi connectivity index (χ4v) is 2.11. The topological polar surface area (TPSA) is 85.6 Å². The minimum Gasteiger partial charge on any atom is -0.382 e. The molecule has 2 N–H and O–H groups in total. The SMILES string of the molecule is COCCOC(C)(C)c1cc(NC(=O)C(C)(C)NCCCC(F)(F)F)on1. The summed E-state index contributed by atoms with van der Waals surface area (Å²) in [5, 5.41) is 9.28. The van der Waals surface area contributed by atoms with Crippen molar-refractivity contribution in [3.63, 3.8) is 0 Å². The van der Waals surface area contributed by atoms with Gasteiger partial charge in [-0.25, -0.2) is 0 Å². The van der Waals surface area contributed by atoms with Crippen LogP contribution < -0.4 is 10.6 Å². The van der Waals surface area contributed by atoms with Gasteiger partial charge in [0.25, 0.3) is 0 Å². The molecule has 1 heterocycles. The summed E-state index contributed by atoms with van der Waals surface area (Å²) in [4.78, 5) is 12.4. The molecule has 156 valence electrons. The van der Waals surface area contributed by atoms with Crippen LogP contribution in [0.5, 0.6) is 0 Å². The van der Waals surface area contributed by atoms with Crippen LogP contribution in [0.15, 0.2) is 10.6 Å². The molecule has 7 nitrogen and oxygen atoms in total. The van der Waals surface area contributed by atoms with Crippen molar-refractivity contribution in [2.75, 3.05) is 32.2 Å². The Morgan fingerprint density at radius 1 is 1.22 bits per heavy atom. The lowest BCUT2D eigenvalue weighted by atomic mass is 10.0. The molecule has 0 aliphatic rings. The number of carbonyl (C=O) groups is 1. The summed E-state index contributed by atoms with van der Waals surface area (Å²) < 4.78 is 52.2. The Kier molecular flexibility index (Phi) is 8.24. The second kappa shape index (κ2) is 9.52. The van der Waals surface area contributed by atoms with Gasteiger partial charge in [-0.3, -0.25) is 10.1 Å². The van der Waals surface area contributed by atoms with Crippen LogP contribution in [-0.2, 0) is 19.9 Å². The predicted octanol–water partition coefficient (Wildman–Crippen LogP) is 3.22. The van der Waals surface area contributed by atoms with Crippen molar-refractivity contribution in [2.45, 2.75) is 57.9 Å². The minimum absolute atomic E-state index is 0.0575. The lowest BCUT2D eigenvalue weighted by molar-refractivity contribution is -0.135. The molecule has 27 heavy (non-hydrogen) atoms. The molecule has 1 aromatic rings. The average Bonchev–Trinajstić information content (AvgIpc) is 3.00. The van der Waals surface area contributed by atoms with Gasteiger partial charge < -0.3 is 19.3 Å². The standard InChI is InChI=1S/C17H28F3N3O4/c1-15(2,21-8-6-7-17(18,19)20)14(24)22-13-11-12(23-27-13)16(3,4)26-10-9-25-5/h11,21H,6-10H2,1-5H3,(H,22,24). The van der Waals surface area contributed by atoms with Gasteiger partial charge in [0.2, 0.25) is 11.8 Å². The van der Waals surface area contributed by atoms with E-state index in [9.17, 15) is 18.0 Å². The number of rotatable bonds is 11. The van der Waals surface area contributed by atoms with E-state index in [1.807, 2.05) is 0 Å². The summed E-state index contributed by atoms with van der Waals surface area (Å²) >= 11 is 0. The van der Waals surface area contributed by atoms with Crippen molar-refractivity contribution < 1.29 is 32.0 Å². The van der Waals surface area contributed by atoms with Gasteiger partial charge in [-0.05, 0) is 40.7 Å². The van der Waals surface area contributed by atoms with E-state index in [2.05, 4.69) is 15.8 Å². The Bertz CT molecular complexity index is 600. The van der Waals surface area contributed by atoms with Gasteiger partial charge in [0, 0.05) is 19.6 Å². The molecular weight excluding hydrogens is 367 g/mol. The maximum Gasteiger partial charge on any atom is 0.389 e. The summed E-state index contributed by atoms with van der Waals surface area (Å²) in [6, 6.07) is 1.55. The molecule has 0 aliphatic heterocycles. The van der Waals surface area contributed by atoms with Gasteiger partial charge in [0.1, 0.15) is 11.3 Å². The van der Waals surface area contributed by atoms with Crippen LogP contribution in [-0.4, -0.2) is 49.6 Å². The summed E-state index contributed by atoms with van der Waals surface area (Å²) in [5.74, 6) is -0.320. The van der Waals surface area contributed by atoms with Crippen molar-refractivity contribution in [1.82, 2.24) is 10.5 Å². The highest BCUT2D eigenvalue weighted by Crippen LogP contribution is 2.26. The number of amides is 1. The number of anilines is 1. The highest BCUT2D eigenvalue weighted by Gasteiger charge is 2.31. The Morgan fingerprint density at radius 3 is 2.48 bits per heavy atom. The number of halogens is 3. The second-order valence-corrected chi connectivity index (χ2v) is 7.15. The number of nitrogens with zero attached hydrogens (tertiary/aromatic N) is 1. The van der Waals surface area contributed by atoms with Gasteiger partial charge in [0.15, 0.2) is 0 Å². The number of nitrogens with one attached hydrogen (secondary N) is 2. The number of ether oxygens (including phenoxy) is 2.